The average Bonchev–Trinajstić information content (AvgIpc) is 3.44. The predicted octanol–water partition coefficient (Wildman–Crippen LogP) is 5.22. The zero-order valence-corrected chi connectivity index (χ0v) is 20.3. The van der Waals surface area contributed by atoms with Crippen LogP contribution in [0.15, 0.2) is 42.6 Å². The summed E-state index contributed by atoms with van der Waals surface area (Å²) >= 11 is 1.44. The Hall–Kier alpha value is -2.88. The topological polar surface area (TPSA) is 75.7 Å². The number of imidazole rings is 1. The third-order valence-corrected chi connectivity index (χ3v) is 7.62. The number of carbonyl (C=O) groups is 1. The molecule has 3 heterocycles. The summed E-state index contributed by atoms with van der Waals surface area (Å²) < 4.78 is 30.2. The standard InChI is InChI=1S/C26H29F2N5OS/c27-24(28)20-13-17(15-29)5-7-19(20)21-16-33-22-8-6-18(14-23(22)35-26(33)31-21)25(34)30-9-4-12-32-10-2-1-3-11-32/h5-8,13-14,16,24H,1-4,9-12,15,29H2,(H,30,34). The molecule has 2 aromatic heterocycles. The lowest BCUT2D eigenvalue weighted by Gasteiger charge is -2.26. The summed E-state index contributed by atoms with van der Waals surface area (Å²) in [4.78, 5) is 20.4. The molecule has 1 aliphatic rings. The van der Waals surface area contributed by atoms with Crippen LogP contribution in [0.3, 0.4) is 0 Å². The Bertz CT molecular complexity index is 1340. The summed E-state index contributed by atoms with van der Waals surface area (Å²) in [7, 11) is 0. The van der Waals surface area contributed by atoms with Crippen molar-refractivity contribution in [2.75, 3.05) is 26.2 Å². The van der Waals surface area contributed by atoms with Crippen molar-refractivity contribution in [3.05, 3.63) is 59.3 Å². The Labute approximate surface area is 206 Å². The fourth-order valence-electron chi connectivity index (χ4n) is 4.71. The number of alkyl halides is 2. The number of amides is 1. The summed E-state index contributed by atoms with van der Waals surface area (Å²) in [6.45, 7) is 4.20. The highest BCUT2D eigenvalue weighted by atomic mass is 32.1. The van der Waals surface area contributed by atoms with Crippen LogP contribution in [-0.4, -0.2) is 46.4 Å². The molecule has 0 aliphatic carbocycles. The van der Waals surface area contributed by atoms with Crippen molar-refractivity contribution in [2.45, 2.75) is 38.7 Å². The third kappa shape index (κ3) is 5.07. The first-order chi connectivity index (χ1) is 17.0. The maximum Gasteiger partial charge on any atom is 0.264 e. The molecule has 1 amide bonds. The lowest BCUT2D eigenvalue weighted by molar-refractivity contribution is 0.0951. The highest BCUT2D eigenvalue weighted by Gasteiger charge is 2.19. The number of rotatable bonds is 8. The number of halogens is 2. The van der Waals surface area contributed by atoms with Gasteiger partial charge < -0.3 is 16.0 Å². The molecule has 2 aromatic carbocycles. The zero-order valence-electron chi connectivity index (χ0n) is 19.5. The minimum absolute atomic E-state index is 0.0674. The van der Waals surface area contributed by atoms with Crippen LogP contribution in [0.5, 0.6) is 0 Å². The molecule has 0 saturated carbocycles. The number of nitrogens with zero attached hydrogens (tertiary/aromatic N) is 3. The number of nitrogens with two attached hydrogens (primary N) is 1. The predicted molar refractivity (Wildman–Crippen MR) is 136 cm³/mol. The van der Waals surface area contributed by atoms with Gasteiger partial charge in [-0.2, -0.15) is 0 Å². The SMILES string of the molecule is NCc1ccc(-c2cn3c(n2)sc2cc(C(=O)NCCCN4CCCCC4)ccc23)c(C(F)F)c1. The van der Waals surface area contributed by atoms with Gasteiger partial charge in [0.2, 0.25) is 0 Å². The van der Waals surface area contributed by atoms with Gasteiger partial charge in [-0.1, -0.05) is 29.9 Å². The van der Waals surface area contributed by atoms with Gasteiger partial charge in [-0.15, -0.1) is 0 Å². The van der Waals surface area contributed by atoms with E-state index in [4.69, 9.17) is 5.73 Å². The number of benzene rings is 2. The Balaban J connectivity index is 1.31. The minimum Gasteiger partial charge on any atom is -0.352 e. The van der Waals surface area contributed by atoms with Gasteiger partial charge in [0.15, 0.2) is 4.96 Å². The molecule has 9 heteroatoms. The molecule has 5 rings (SSSR count). The molecule has 6 nitrogen and oxygen atoms in total. The number of hydrogen-bond donors (Lipinski definition) is 2. The van der Waals surface area contributed by atoms with Crippen LogP contribution in [0.25, 0.3) is 26.4 Å². The molecule has 0 radical (unpaired) electrons. The van der Waals surface area contributed by atoms with Crippen molar-refractivity contribution >= 4 is 32.4 Å². The van der Waals surface area contributed by atoms with Crippen molar-refractivity contribution in [1.29, 1.82) is 0 Å². The molecule has 0 atom stereocenters. The molecule has 184 valence electrons. The lowest BCUT2D eigenvalue weighted by atomic mass is 10.0. The van der Waals surface area contributed by atoms with Gasteiger partial charge in [0.25, 0.3) is 12.3 Å². The number of thiazole rings is 1. The smallest absolute Gasteiger partial charge is 0.264 e. The first-order valence-corrected chi connectivity index (χ1v) is 12.9. The molecule has 0 unspecified atom stereocenters. The molecule has 1 saturated heterocycles. The highest BCUT2D eigenvalue weighted by molar-refractivity contribution is 7.23. The van der Waals surface area contributed by atoms with Gasteiger partial charge in [-0.25, -0.2) is 13.8 Å². The summed E-state index contributed by atoms with van der Waals surface area (Å²) in [6, 6.07) is 10.4. The summed E-state index contributed by atoms with van der Waals surface area (Å²) in [5, 5.41) is 3.02. The maximum atomic E-state index is 13.7. The van der Waals surface area contributed by atoms with Crippen LogP contribution in [0.2, 0.25) is 0 Å². The number of nitrogens with one attached hydrogen (secondary N) is 1. The second-order valence-corrected chi connectivity index (χ2v) is 10.0. The van der Waals surface area contributed by atoms with Crippen molar-refractivity contribution in [1.82, 2.24) is 19.6 Å². The fraction of sp³-hybridized carbons (Fsp3) is 0.385. The Morgan fingerprint density at radius 2 is 1.97 bits per heavy atom. The molecule has 1 fully saturated rings. The van der Waals surface area contributed by atoms with E-state index < -0.39 is 6.43 Å². The van der Waals surface area contributed by atoms with Gasteiger partial charge in [0.05, 0.1) is 15.9 Å². The van der Waals surface area contributed by atoms with E-state index >= 15 is 0 Å². The number of aromatic nitrogens is 2. The third-order valence-electron chi connectivity index (χ3n) is 6.60. The summed E-state index contributed by atoms with van der Waals surface area (Å²) in [6.07, 6.45) is 3.96. The van der Waals surface area contributed by atoms with E-state index in [2.05, 4.69) is 15.2 Å². The molecular weight excluding hydrogens is 468 g/mol. The van der Waals surface area contributed by atoms with E-state index in [9.17, 15) is 13.6 Å². The van der Waals surface area contributed by atoms with Crippen LogP contribution >= 0.6 is 11.3 Å². The van der Waals surface area contributed by atoms with Gasteiger partial charge in [-0.3, -0.25) is 9.20 Å². The van der Waals surface area contributed by atoms with Crippen molar-refractivity contribution in [2.24, 2.45) is 5.73 Å². The number of piperidine rings is 1. The zero-order chi connectivity index (χ0) is 24.4. The highest BCUT2D eigenvalue weighted by Crippen LogP contribution is 2.34. The number of carbonyl (C=O) groups excluding carboxylic acids is 1. The van der Waals surface area contributed by atoms with Crippen molar-refractivity contribution in [3.63, 3.8) is 0 Å². The first kappa shape index (κ1) is 23.8. The van der Waals surface area contributed by atoms with E-state index in [0.717, 1.165) is 36.3 Å². The number of hydrogen-bond acceptors (Lipinski definition) is 5. The molecule has 1 aliphatic heterocycles. The summed E-state index contributed by atoms with van der Waals surface area (Å²) in [5.41, 5.74) is 8.61. The van der Waals surface area contributed by atoms with E-state index in [1.54, 1.807) is 24.4 Å². The van der Waals surface area contributed by atoms with Gasteiger partial charge in [0, 0.05) is 36.0 Å². The number of fused-ring (bicyclic) bond motifs is 3. The molecule has 4 aromatic rings. The fourth-order valence-corrected chi connectivity index (χ4v) is 5.76. The normalized spacial score (nSPS) is 14.9. The quantitative estimate of drug-likeness (QED) is 0.328. The van der Waals surface area contributed by atoms with Gasteiger partial charge in [-0.05, 0) is 68.7 Å². The second-order valence-electron chi connectivity index (χ2n) is 9.00. The van der Waals surface area contributed by atoms with Crippen molar-refractivity contribution in [3.8, 4) is 11.3 Å². The van der Waals surface area contributed by atoms with Crippen LogP contribution in [-0.2, 0) is 6.54 Å². The molecule has 3 N–H and O–H groups in total. The van der Waals surface area contributed by atoms with Crippen LogP contribution in [0, 0.1) is 0 Å². The second kappa shape index (κ2) is 10.4. The van der Waals surface area contributed by atoms with E-state index in [0.29, 0.717) is 33.9 Å². The van der Waals surface area contributed by atoms with Crippen LogP contribution in [0.4, 0.5) is 8.78 Å². The van der Waals surface area contributed by atoms with E-state index in [-0.39, 0.29) is 18.0 Å². The maximum absolute atomic E-state index is 13.7. The Kier molecular flexibility index (Phi) is 7.08. The van der Waals surface area contributed by atoms with E-state index in [1.165, 1.54) is 36.7 Å². The molecular formula is C26H29F2N5OS. The lowest BCUT2D eigenvalue weighted by Crippen LogP contribution is -2.33. The molecule has 35 heavy (non-hydrogen) atoms. The average molecular weight is 498 g/mol. The van der Waals surface area contributed by atoms with Crippen LogP contribution < -0.4 is 11.1 Å². The molecule has 0 bridgehead atoms. The van der Waals surface area contributed by atoms with Gasteiger partial charge >= 0.3 is 0 Å². The van der Waals surface area contributed by atoms with Crippen molar-refractivity contribution < 1.29 is 13.6 Å². The van der Waals surface area contributed by atoms with Gasteiger partial charge in [0.1, 0.15) is 0 Å². The minimum atomic E-state index is -2.62. The van der Waals surface area contributed by atoms with E-state index in [1.807, 2.05) is 16.5 Å². The Morgan fingerprint density at radius 3 is 2.74 bits per heavy atom. The summed E-state index contributed by atoms with van der Waals surface area (Å²) in [5.74, 6) is -0.0844. The largest absolute Gasteiger partial charge is 0.352 e. The number of likely N-dealkylation sites (tertiary alicyclic amines) is 1. The Morgan fingerprint density at radius 1 is 1.14 bits per heavy atom. The first-order valence-electron chi connectivity index (χ1n) is 12.1. The van der Waals surface area contributed by atoms with Crippen LogP contribution in [0.1, 0.15) is 53.6 Å². The monoisotopic (exact) mass is 497 g/mol. The molecule has 0 spiro atoms.